The third-order valence-corrected chi connectivity index (χ3v) is 5.77. The maximum atomic E-state index is 12.1. The van der Waals surface area contributed by atoms with Gasteiger partial charge in [-0.3, -0.25) is 9.69 Å². The Morgan fingerprint density at radius 3 is 3.04 bits per heavy atom. The summed E-state index contributed by atoms with van der Waals surface area (Å²) in [7, 11) is 0. The highest BCUT2D eigenvalue weighted by molar-refractivity contribution is 7.12. The highest BCUT2D eigenvalue weighted by atomic mass is 32.1. The molecule has 0 bridgehead atoms. The molecule has 2 heterocycles. The molecule has 2 aromatic rings. The van der Waals surface area contributed by atoms with E-state index in [4.69, 9.17) is 4.74 Å². The minimum absolute atomic E-state index is 0.0133. The molecule has 1 amide bonds. The summed E-state index contributed by atoms with van der Waals surface area (Å²) in [6, 6.07) is 9.82. The van der Waals surface area contributed by atoms with E-state index in [1.165, 1.54) is 16.9 Å². The summed E-state index contributed by atoms with van der Waals surface area (Å²) < 4.78 is 5.56. The molecule has 3 rings (SSSR count). The van der Waals surface area contributed by atoms with Crippen LogP contribution in [0.3, 0.4) is 0 Å². The molecule has 0 spiro atoms. The maximum Gasteiger partial charge on any atom is 0.261 e. The summed E-state index contributed by atoms with van der Waals surface area (Å²) in [4.78, 5) is 15.3. The number of amides is 1. The summed E-state index contributed by atoms with van der Waals surface area (Å²) >= 11 is 1.47. The molecule has 1 aliphatic heterocycles. The van der Waals surface area contributed by atoms with Crippen LogP contribution in [0.25, 0.3) is 0 Å². The normalized spacial score (nSPS) is 17.6. The SMILES string of the molecule is CCOc1ccc(CN2CCCC(CNC(=O)c3cccs3)C2)cc1CO. The fourth-order valence-corrected chi connectivity index (χ4v) is 4.24. The molecule has 1 aromatic heterocycles. The molecule has 1 unspecified atom stereocenters. The second-order valence-corrected chi connectivity index (χ2v) is 7.91. The van der Waals surface area contributed by atoms with E-state index in [2.05, 4.69) is 16.3 Å². The largest absolute Gasteiger partial charge is 0.494 e. The van der Waals surface area contributed by atoms with Gasteiger partial charge in [-0.2, -0.15) is 0 Å². The molecular weight excluding hydrogens is 360 g/mol. The van der Waals surface area contributed by atoms with Crippen LogP contribution in [-0.4, -0.2) is 42.2 Å². The molecule has 1 atom stereocenters. The third-order valence-electron chi connectivity index (χ3n) is 4.90. The van der Waals surface area contributed by atoms with Crippen LogP contribution >= 0.6 is 11.3 Å². The number of benzene rings is 1. The van der Waals surface area contributed by atoms with Gasteiger partial charge >= 0.3 is 0 Å². The molecule has 27 heavy (non-hydrogen) atoms. The summed E-state index contributed by atoms with van der Waals surface area (Å²) in [5.74, 6) is 1.26. The number of piperidine rings is 1. The standard InChI is InChI=1S/C21H28N2O3S/c1-2-26-19-8-7-16(11-18(19)15-24)13-23-9-3-5-17(14-23)12-22-21(25)20-6-4-10-27-20/h4,6-8,10-11,17,24H,2-3,5,9,12-15H2,1H3,(H,22,25). The first kappa shape index (κ1) is 19.9. The Kier molecular flexibility index (Phi) is 7.26. The Morgan fingerprint density at radius 2 is 2.30 bits per heavy atom. The lowest BCUT2D eigenvalue weighted by molar-refractivity contribution is 0.0934. The number of thiophene rings is 1. The van der Waals surface area contributed by atoms with E-state index < -0.39 is 0 Å². The van der Waals surface area contributed by atoms with Crippen molar-refractivity contribution in [2.45, 2.75) is 32.9 Å². The number of rotatable bonds is 8. The molecule has 0 radical (unpaired) electrons. The smallest absolute Gasteiger partial charge is 0.261 e. The highest BCUT2D eigenvalue weighted by Gasteiger charge is 2.21. The van der Waals surface area contributed by atoms with E-state index in [0.29, 0.717) is 12.5 Å². The Labute approximate surface area is 165 Å². The van der Waals surface area contributed by atoms with E-state index in [-0.39, 0.29) is 12.5 Å². The van der Waals surface area contributed by atoms with Gasteiger partial charge in [0, 0.05) is 25.2 Å². The monoisotopic (exact) mass is 388 g/mol. The van der Waals surface area contributed by atoms with E-state index in [1.54, 1.807) is 0 Å². The fourth-order valence-electron chi connectivity index (χ4n) is 3.60. The number of nitrogens with zero attached hydrogens (tertiary/aromatic N) is 1. The van der Waals surface area contributed by atoms with Crippen LogP contribution in [0.4, 0.5) is 0 Å². The lowest BCUT2D eigenvalue weighted by atomic mass is 9.97. The molecule has 5 nitrogen and oxygen atoms in total. The first-order valence-corrected chi connectivity index (χ1v) is 10.5. The van der Waals surface area contributed by atoms with Crippen LogP contribution < -0.4 is 10.1 Å². The number of hydrogen-bond donors (Lipinski definition) is 2. The van der Waals surface area contributed by atoms with Crippen molar-refractivity contribution in [2.24, 2.45) is 5.92 Å². The lowest BCUT2D eigenvalue weighted by Crippen LogP contribution is -2.40. The second kappa shape index (κ2) is 9.88. The molecule has 0 saturated carbocycles. The molecule has 1 fully saturated rings. The summed E-state index contributed by atoms with van der Waals surface area (Å²) in [5.41, 5.74) is 2.02. The van der Waals surface area contributed by atoms with E-state index in [1.807, 2.05) is 36.6 Å². The van der Waals surface area contributed by atoms with Crippen LogP contribution in [0, 0.1) is 5.92 Å². The van der Waals surface area contributed by atoms with Crippen molar-refractivity contribution in [1.29, 1.82) is 0 Å². The average Bonchev–Trinajstić information content (AvgIpc) is 3.23. The maximum absolute atomic E-state index is 12.1. The van der Waals surface area contributed by atoms with Crippen LogP contribution in [0.15, 0.2) is 35.7 Å². The molecule has 2 N–H and O–H groups in total. The summed E-state index contributed by atoms with van der Waals surface area (Å²) in [5, 5.41) is 14.6. The van der Waals surface area contributed by atoms with Crippen molar-refractivity contribution in [3.05, 3.63) is 51.7 Å². The van der Waals surface area contributed by atoms with Gasteiger partial charge in [0.2, 0.25) is 0 Å². The predicted octanol–water partition coefficient (Wildman–Crippen LogP) is 3.28. The zero-order valence-electron chi connectivity index (χ0n) is 15.8. The van der Waals surface area contributed by atoms with Crippen molar-refractivity contribution in [3.63, 3.8) is 0 Å². The fraction of sp³-hybridized carbons (Fsp3) is 0.476. The van der Waals surface area contributed by atoms with E-state index in [0.717, 1.165) is 55.2 Å². The molecule has 146 valence electrons. The van der Waals surface area contributed by atoms with E-state index >= 15 is 0 Å². The minimum Gasteiger partial charge on any atom is -0.494 e. The Morgan fingerprint density at radius 1 is 1.41 bits per heavy atom. The van der Waals surface area contributed by atoms with Gasteiger partial charge < -0.3 is 15.2 Å². The minimum atomic E-state index is -0.0133. The molecular formula is C21H28N2O3S. The van der Waals surface area contributed by atoms with Crippen molar-refractivity contribution < 1.29 is 14.6 Å². The molecule has 6 heteroatoms. The van der Waals surface area contributed by atoms with Crippen LogP contribution in [0.5, 0.6) is 5.75 Å². The Bertz CT molecular complexity index is 733. The first-order valence-electron chi connectivity index (χ1n) is 9.59. The second-order valence-electron chi connectivity index (χ2n) is 6.96. The van der Waals surface area contributed by atoms with Gasteiger partial charge in [-0.05, 0) is 61.4 Å². The van der Waals surface area contributed by atoms with Crippen LogP contribution in [0.1, 0.15) is 40.6 Å². The summed E-state index contributed by atoms with van der Waals surface area (Å²) in [6.07, 6.45) is 2.29. The Balaban J connectivity index is 1.53. The number of nitrogens with one attached hydrogen (secondary N) is 1. The number of carbonyl (C=O) groups is 1. The van der Waals surface area contributed by atoms with Gasteiger partial charge in [-0.25, -0.2) is 0 Å². The van der Waals surface area contributed by atoms with Gasteiger partial charge in [0.05, 0.1) is 18.1 Å². The summed E-state index contributed by atoms with van der Waals surface area (Å²) in [6.45, 7) is 6.15. The van der Waals surface area contributed by atoms with Crippen molar-refractivity contribution in [3.8, 4) is 5.75 Å². The zero-order valence-corrected chi connectivity index (χ0v) is 16.6. The topological polar surface area (TPSA) is 61.8 Å². The van der Waals surface area contributed by atoms with Crippen LogP contribution in [0.2, 0.25) is 0 Å². The number of likely N-dealkylation sites (tertiary alicyclic amines) is 1. The molecule has 1 aromatic carbocycles. The number of aliphatic hydroxyl groups excluding tert-OH is 1. The quantitative estimate of drug-likeness (QED) is 0.729. The molecule has 0 aliphatic carbocycles. The van der Waals surface area contributed by atoms with Gasteiger partial charge in [0.1, 0.15) is 5.75 Å². The Hall–Kier alpha value is -1.89. The number of carbonyl (C=O) groups excluding carboxylic acids is 1. The van der Waals surface area contributed by atoms with Crippen molar-refractivity contribution in [2.75, 3.05) is 26.2 Å². The van der Waals surface area contributed by atoms with Crippen LogP contribution in [-0.2, 0) is 13.2 Å². The van der Waals surface area contributed by atoms with E-state index in [9.17, 15) is 9.90 Å². The third kappa shape index (κ3) is 5.54. The number of hydrogen-bond acceptors (Lipinski definition) is 5. The number of aliphatic hydroxyl groups is 1. The highest BCUT2D eigenvalue weighted by Crippen LogP contribution is 2.23. The number of ether oxygens (including phenoxy) is 1. The molecule has 1 saturated heterocycles. The van der Waals surface area contributed by atoms with Crippen molar-refractivity contribution in [1.82, 2.24) is 10.2 Å². The lowest BCUT2D eigenvalue weighted by Gasteiger charge is -2.33. The van der Waals surface area contributed by atoms with Gasteiger partial charge in [-0.1, -0.05) is 12.1 Å². The molecule has 1 aliphatic rings. The van der Waals surface area contributed by atoms with Crippen molar-refractivity contribution >= 4 is 17.2 Å². The van der Waals surface area contributed by atoms with Gasteiger partial charge in [0.15, 0.2) is 0 Å². The first-order chi connectivity index (χ1) is 13.2. The van der Waals surface area contributed by atoms with Gasteiger partial charge in [-0.15, -0.1) is 11.3 Å². The zero-order chi connectivity index (χ0) is 19.1. The van der Waals surface area contributed by atoms with Gasteiger partial charge in [0.25, 0.3) is 5.91 Å². The predicted molar refractivity (Wildman–Crippen MR) is 108 cm³/mol. The average molecular weight is 389 g/mol.